The van der Waals surface area contributed by atoms with Crippen LogP contribution in [0, 0.1) is 0 Å². The summed E-state index contributed by atoms with van der Waals surface area (Å²) in [6.07, 6.45) is 2.07. The second-order valence-corrected chi connectivity index (χ2v) is 6.26. The zero-order valence-corrected chi connectivity index (χ0v) is 12.9. The van der Waals surface area contributed by atoms with E-state index < -0.39 is 0 Å². The summed E-state index contributed by atoms with van der Waals surface area (Å²) >= 11 is 1.68. The lowest BCUT2D eigenvalue weighted by Crippen LogP contribution is -2.45. The Morgan fingerprint density at radius 3 is 2.42 bits per heavy atom. The Kier molecular flexibility index (Phi) is 5.76. The summed E-state index contributed by atoms with van der Waals surface area (Å²) in [7, 11) is 0. The number of aliphatic hydroxyl groups excluding tert-OH is 1. The van der Waals surface area contributed by atoms with E-state index in [9.17, 15) is 5.11 Å². The van der Waals surface area contributed by atoms with Crippen molar-refractivity contribution in [2.45, 2.75) is 39.8 Å². The summed E-state index contributed by atoms with van der Waals surface area (Å²) in [5.41, 5.74) is 1.11. The Bertz CT molecular complexity index is 386. The highest BCUT2D eigenvalue weighted by atomic mass is 32.1. The number of likely N-dealkylation sites (N-methyl/N-ethyl adjacent to an activating group) is 1. The second-order valence-electron chi connectivity index (χ2n) is 5.10. The number of thiazole rings is 1. The Morgan fingerprint density at radius 2 is 1.84 bits per heavy atom. The summed E-state index contributed by atoms with van der Waals surface area (Å²) in [6, 6.07) is 0. The maximum atomic E-state index is 9.38. The van der Waals surface area contributed by atoms with Crippen molar-refractivity contribution in [3.8, 4) is 0 Å². The lowest BCUT2D eigenvalue weighted by molar-refractivity contribution is 0.132. The fourth-order valence-electron chi connectivity index (χ4n) is 2.52. The Hall–Kier alpha value is -0.490. The molecule has 0 saturated carbocycles. The summed E-state index contributed by atoms with van der Waals surface area (Å²) in [4.78, 5) is 10.7. The van der Waals surface area contributed by atoms with Gasteiger partial charge in [-0.3, -0.25) is 4.90 Å². The molecule has 1 N–H and O–H groups in total. The number of aromatic nitrogens is 1. The van der Waals surface area contributed by atoms with E-state index in [1.807, 2.05) is 0 Å². The van der Waals surface area contributed by atoms with Crippen molar-refractivity contribution in [1.82, 2.24) is 14.8 Å². The van der Waals surface area contributed by atoms with Crippen LogP contribution >= 0.6 is 11.3 Å². The minimum Gasteiger partial charge on any atom is -0.391 e. The van der Waals surface area contributed by atoms with E-state index in [0.717, 1.165) is 67.7 Å². The molecule has 19 heavy (non-hydrogen) atoms. The number of nitrogens with zero attached hydrogens (tertiary/aromatic N) is 3. The van der Waals surface area contributed by atoms with Crippen molar-refractivity contribution in [2.75, 3.05) is 32.7 Å². The van der Waals surface area contributed by atoms with Gasteiger partial charge in [-0.15, -0.1) is 11.3 Å². The molecule has 0 aliphatic carbocycles. The van der Waals surface area contributed by atoms with Gasteiger partial charge < -0.3 is 10.0 Å². The maximum absolute atomic E-state index is 9.38. The maximum Gasteiger partial charge on any atom is 0.107 e. The second kappa shape index (κ2) is 7.33. The number of aryl methyl sites for hydroxylation is 1. The topological polar surface area (TPSA) is 39.6 Å². The van der Waals surface area contributed by atoms with Crippen LogP contribution in [0.25, 0.3) is 0 Å². The number of hydrogen-bond acceptors (Lipinski definition) is 5. The van der Waals surface area contributed by atoms with E-state index in [1.54, 1.807) is 11.3 Å². The van der Waals surface area contributed by atoms with Crippen LogP contribution in [-0.2, 0) is 19.6 Å². The van der Waals surface area contributed by atoms with Gasteiger partial charge in [0.05, 0.1) is 23.7 Å². The van der Waals surface area contributed by atoms with Crippen LogP contribution in [0.1, 0.15) is 35.8 Å². The summed E-state index contributed by atoms with van der Waals surface area (Å²) in [5, 5.41) is 10.5. The molecule has 1 aliphatic heterocycles. The predicted octanol–water partition coefficient (Wildman–Crippen LogP) is 1.73. The van der Waals surface area contributed by atoms with Gasteiger partial charge in [-0.05, 0) is 13.0 Å². The third-order valence-corrected chi connectivity index (χ3v) is 4.79. The van der Waals surface area contributed by atoms with Gasteiger partial charge in [0.25, 0.3) is 0 Å². The van der Waals surface area contributed by atoms with Gasteiger partial charge in [-0.25, -0.2) is 4.98 Å². The molecule has 0 atom stereocenters. The van der Waals surface area contributed by atoms with Gasteiger partial charge in [-0.2, -0.15) is 0 Å². The van der Waals surface area contributed by atoms with Crippen LogP contribution in [0.5, 0.6) is 0 Å². The molecule has 1 aromatic rings. The third kappa shape index (κ3) is 3.99. The Balaban J connectivity index is 1.92. The van der Waals surface area contributed by atoms with Crippen molar-refractivity contribution < 1.29 is 5.11 Å². The largest absolute Gasteiger partial charge is 0.391 e. The van der Waals surface area contributed by atoms with Crippen LogP contribution in [-0.4, -0.2) is 52.6 Å². The molecule has 1 fully saturated rings. The van der Waals surface area contributed by atoms with E-state index in [4.69, 9.17) is 4.98 Å². The highest BCUT2D eigenvalue weighted by Crippen LogP contribution is 2.21. The molecule has 2 rings (SSSR count). The van der Waals surface area contributed by atoms with E-state index in [1.165, 1.54) is 0 Å². The van der Waals surface area contributed by atoms with E-state index in [0.29, 0.717) is 0 Å². The predicted molar refractivity (Wildman–Crippen MR) is 79.4 cm³/mol. The normalized spacial score (nSPS) is 18.1. The van der Waals surface area contributed by atoms with E-state index >= 15 is 0 Å². The molecule has 5 heteroatoms. The molecular weight excluding hydrogens is 258 g/mol. The molecule has 0 aromatic carbocycles. The van der Waals surface area contributed by atoms with Gasteiger partial charge in [0.15, 0.2) is 0 Å². The van der Waals surface area contributed by atoms with Crippen molar-refractivity contribution in [2.24, 2.45) is 0 Å². The number of rotatable bonds is 6. The average Bonchev–Trinajstić information content (AvgIpc) is 2.82. The zero-order valence-electron chi connectivity index (χ0n) is 12.1. The summed E-state index contributed by atoms with van der Waals surface area (Å²) in [5.74, 6) is 0. The molecular formula is C14H25N3OS. The SMILES string of the molecule is CCCc1nc(CN2CCN(CC)CC2)sc1CO. The molecule has 0 unspecified atom stereocenters. The van der Waals surface area contributed by atoms with Gasteiger partial charge >= 0.3 is 0 Å². The first kappa shape index (κ1) is 14.9. The Morgan fingerprint density at radius 1 is 1.16 bits per heavy atom. The minimum atomic E-state index is 0.136. The van der Waals surface area contributed by atoms with Gasteiger partial charge in [0, 0.05) is 26.2 Å². The van der Waals surface area contributed by atoms with E-state index in [-0.39, 0.29) is 6.61 Å². The standard InChI is InChI=1S/C14H25N3OS/c1-3-5-12-13(11-18)19-14(15-12)10-17-8-6-16(4-2)7-9-17/h18H,3-11H2,1-2H3. The van der Waals surface area contributed by atoms with E-state index in [2.05, 4.69) is 23.6 Å². The molecule has 1 saturated heterocycles. The first-order chi connectivity index (χ1) is 9.26. The molecule has 4 nitrogen and oxygen atoms in total. The van der Waals surface area contributed by atoms with Crippen LogP contribution in [0.3, 0.4) is 0 Å². The van der Waals surface area contributed by atoms with Crippen LogP contribution in [0.2, 0.25) is 0 Å². The zero-order chi connectivity index (χ0) is 13.7. The average molecular weight is 283 g/mol. The van der Waals surface area contributed by atoms with Crippen molar-refractivity contribution >= 4 is 11.3 Å². The number of piperazine rings is 1. The van der Waals surface area contributed by atoms with Crippen LogP contribution < -0.4 is 0 Å². The quantitative estimate of drug-likeness (QED) is 0.863. The van der Waals surface area contributed by atoms with Crippen molar-refractivity contribution in [3.05, 3.63) is 15.6 Å². The lowest BCUT2D eigenvalue weighted by Gasteiger charge is -2.33. The molecule has 1 aliphatic rings. The third-order valence-electron chi connectivity index (χ3n) is 3.72. The lowest BCUT2D eigenvalue weighted by atomic mass is 10.2. The first-order valence-electron chi connectivity index (χ1n) is 7.29. The Labute approximate surface area is 120 Å². The van der Waals surface area contributed by atoms with Crippen molar-refractivity contribution in [3.63, 3.8) is 0 Å². The van der Waals surface area contributed by atoms with Crippen molar-refractivity contribution in [1.29, 1.82) is 0 Å². The summed E-state index contributed by atoms with van der Waals surface area (Å²) < 4.78 is 0. The fraction of sp³-hybridized carbons (Fsp3) is 0.786. The molecule has 0 radical (unpaired) electrons. The van der Waals surface area contributed by atoms with Gasteiger partial charge in [-0.1, -0.05) is 20.3 Å². The van der Waals surface area contributed by atoms with Gasteiger partial charge in [0.1, 0.15) is 5.01 Å². The number of aliphatic hydroxyl groups is 1. The first-order valence-corrected chi connectivity index (χ1v) is 8.11. The molecule has 2 heterocycles. The van der Waals surface area contributed by atoms with Crippen LogP contribution in [0.4, 0.5) is 0 Å². The molecule has 1 aromatic heterocycles. The molecule has 108 valence electrons. The monoisotopic (exact) mass is 283 g/mol. The minimum absolute atomic E-state index is 0.136. The number of hydrogen-bond donors (Lipinski definition) is 1. The summed E-state index contributed by atoms with van der Waals surface area (Å²) in [6.45, 7) is 11.2. The fourth-order valence-corrected chi connectivity index (χ4v) is 3.53. The molecule has 0 bridgehead atoms. The highest BCUT2D eigenvalue weighted by molar-refractivity contribution is 7.11. The van der Waals surface area contributed by atoms with Crippen LogP contribution in [0.15, 0.2) is 0 Å². The smallest absolute Gasteiger partial charge is 0.107 e. The molecule has 0 amide bonds. The molecule has 0 spiro atoms. The van der Waals surface area contributed by atoms with Gasteiger partial charge in [0.2, 0.25) is 0 Å². The highest BCUT2D eigenvalue weighted by Gasteiger charge is 2.18.